The molecule has 0 radical (unpaired) electrons. The molecule has 1 N–H and O–H groups in total. The average molecular weight is 440 g/mol. The minimum absolute atomic E-state index is 0.0292. The lowest BCUT2D eigenvalue weighted by atomic mass is 10.1. The SMILES string of the molecule is CC(C)N(CC(COc1cccc2[nH]ccc12)N=O)C(=O)c1ccc(CO[N+](=O)[O-])cc1. The van der Waals surface area contributed by atoms with Gasteiger partial charge in [0.05, 0.1) is 6.54 Å². The molecule has 3 rings (SSSR count). The molecule has 10 heteroatoms. The van der Waals surface area contributed by atoms with Crippen LogP contribution in [0.15, 0.2) is 59.9 Å². The summed E-state index contributed by atoms with van der Waals surface area (Å²) in [4.78, 5) is 43.8. The molecule has 0 aliphatic heterocycles. The minimum atomic E-state index is -0.870. The van der Waals surface area contributed by atoms with Crippen LogP contribution in [0.5, 0.6) is 5.75 Å². The molecule has 32 heavy (non-hydrogen) atoms. The fourth-order valence-corrected chi connectivity index (χ4v) is 3.28. The summed E-state index contributed by atoms with van der Waals surface area (Å²) in [5, 5.41) is 13.5. The molecule has 0 bridgehead atoms. The summed E-state index contributed by atoms with van der Waals surface area (Å²) in [5.74, 6) is 0.357. The van der Waals surface area contributed by atoms with E-state index in [0.717, 1.165) is 10.9 Å². The van der Waals surface area contributed by atoms with Crippen molar-refractivity contribution in [2.75, 3.05) is 13.2 Å². The van der Waals surface area contributed by atoms with Crippen LogP contribution in [0.3, 0.4) is 0 Å². The normalized spacial score (nSPS) is 11.8. The molecular formula is C22H24N4O6. The molecule has 1 atom stereocenters. The fourth-order valence-electron chi connectivity index (χ4n) is 3.28. The Hall–Kier alpha value is -3.95. The van der Waals surface area contributed by atoms with Crippen LogP contribution in [0.25, 0.3) is 10.9 Å². The Kier molecular flexibility index (Phi) is 7.37. The number of carbonyl (C=O) groups excluding carboxylic acids is 1. The number of carbonyl (C=O) groups is 1. The zero-order valence-electron chi connectivity index (χ0n) is 17.8. The number of rotatable bonds is 11. The van der Waals surface area contributed by atoms with Gasteiger partial charge >= 0.3 is 0 Å². The molecule has 3 aromatic rings. The van der Waals surface area contributed by atoms with Gasteiger partial charge in [-0.3, -0.25) is 4.79 Å². The quantitative estimate of drug-likeness (QED) is 0.273. The number of hydrogen-bond acceptors (Lipinski definition) is 7. The monoisotopic (exact) mass is 440 g/mol. The molecule has 0 spiro atoms. The summed E-state index contributed by atoms with van der Waals surface area (Å²) < 4.78 is 5.84. The number of aromatic nitrogens is 1. The van der Waals surface area contributed by atoms with Crippen LogP contribution in [0.2, 0.25) is 0 Å². The van der Waals surface area contributed by atoms with Gasteiger partial charge in [0.2, 0.25) is 0 Å². The third-order valence-corrected chi connectivity index (χ3v) is 4.96. The van der Waals surface area contributed by atoms with E-state index in [1.165, 1.54) is 0 Å². The number of aromatic amines is 1. The van der Waals surface area contributed by atoms with Crippen molar-refractivity contribution in [3.05, 3.63) is 80.9 Å². The van der Waals surface area contributed by atoms with E-state index in [1.807, 2.05) is 38.1 Å². The lowest BCUT2D eigenvalue weighted by Crippen LogP contribution is -2.43. The molecule has 1 aromatic heterocycles. The zero-order chi connectivity index (χ0) is 23.1. The summed E-state index contributed by atoms with van der Waals surface area (Å²) in [7, 11) is 0. The van der Waals surface area contributed by atoms with E-state index >= 15 is 0 Å². The van der Waals surface area contributed by atoms with E-state index in [0.29, 0.717) is 16.9 Å². The molecule has 0 fully saturated rings. The second-order valence-electron chi connectivity index (χ2n) is 7.51. The predicted octanol–water partition coefficient (Wildman–Crippen LogP) is 3.94. The summed E-state index contributed by atoms with van der Waals surface area (Å²) in [5.41, 5.74) is 1.88. The van der Waals surface area contributed by atoms with Gasteiger partial charge in [-0.05, 0) is 49.7 Å². The van der Waals surface area contributed by atoms with Crippen LogP contribution >= 0.6 is 0 Å². The van der Waals surface area contributed by atoms with Crippen molar-refractivity contribution < 1.29 is 19.5 Å². The van der Waals surface area contributed by atoms with Crippen LogP contribution in [0, 0.1) is 15.0 Å². The highest BCUT2D eigenvalue weighted by atomic mass is 16.9. The van der Waals surface area contributed by atoms with E-state index in [-0.39, 0.29) is 31.7 Å². The van der Waals surface area contributed by atoms with Gasteiger partial charge in [0.25, 0.3) is 11.0 Å². The molecule has 0 saturated carbocycles. The Labute approximate surface area is 184 Å². The van der Waals surface area contributed by atoms with E-state index in [9.17, 15) is 19.8 Å². The molecule has 1 heterocycles. The maximum absolute atomic E-state index is 13.0. The van der Waals surface area contributed by atoms with Gasteiger partial charge in [-0.2, -0.15) is 4.91 Å². The lowest BCUT2D eigenvalue weighted by molar-refractivity contribution is -0.763. The molecule has 0 aliphatic carbocycles. The van der Waals surface area contributed by atoms with E-state index in [4.69, 9.17) is 4.74 Å². The molecular weight excluding hydrogens is 416 g/mol. The number of nitrogens with one attached hydrogen (secondary N) is 1. The largest absolute Gasteiger partial charge is 0.490 e. The van der Waals surface area contributed by atoms with Gasteiger partial charge in [0, 0.05) is 28.7 Å². The van der Waals surface area contributed by atoms with Crippen molar-refractivity contribution in [3.8, 4) is 5.75 Å². The average Bonchev–Trinajstić information content (AvgIpc) is 3.27. The van der Waals surface area contributed by atoms with E-state index in [1.54, 1.807) is 35.4 Å². The van der Waals surface area contributed by atoms with Crippen molar-refractivity contribution in [3.63, 3.8) is 0 Å². The van der Waals surface area contributed by atoms with Crippen LogP contribution in [-0.2, 0) is 11.4 Å². The number of amides is 1. The molecule has 1 unspecified atom stereocenters. The third-order valence-electron chi connectivity index (χ3n) is 4.96. The lowest BCUT2D eigenvalue weighted by Gasteiger charge is -2.28. The Morgan fingerprint density at radius 2 is 1.94 bits per heavy atom. The van der Waals surface area contributed by atoms with Gasteiger partial charge in [-0.25, -0.2) is 0 Å². The standard InChI is InChI=1S/C22H24N4O6/c1-15(2)25(22(27)17-8-6-16(7-9-17)13-32-26(29)30)12-18(24-28)14-31-21-5-3-4-20-19(21)10-11-23-20/h3-11,15,18,23H,12-14H2,1-2H3. The fraction of sp³-hybridized carbons (Fsp3) is 0.318. The second kappa shape index (κ2) is 10.4. The topological polar surface area (TPSA) is 127 Å². The molecule has 10 nitrogen and oxygen atoms in total. The highest BCUT2D eigenvalue weighted by Crippen LogP contribution is 2.25. The second-order valence-corrected chi connectivity index (χ2v) is 7.51. The Morgan fingerprint density at radius 3 is 2.59 bits per heavy atom. The first-order valence-electron chi connectivity index (χ1n) is 10.1. The summed E-state index contributed by atoms with van der Waals surface area (Å²) in [6.07, 6.45) is 1.81. The highest BCUT2D eigenvalue weighted by molar-refractivity contribution is 5.94. The van der Waals surface area contributed by atoms with Crippen molar-refractivity contribution in [2.45, 2.75) is 32.5 Å². The maximum atomic E-state index is 13.0. The Bertz CT molecular complexity index is 1080. The third kappa shape index (κ3) is 5.60. The predicted molar refractivity (Wildman–Crippen MR) is 118 cm³/mol. The van der Waals surface area contributed by atoms with Crippen LogP contribution in [0.1, 0.15) is 29.8 Å². The molecule has 2 aromatic carbocycles. The van der Waals surface area contributed by atoms with Crippen molar-refractivity contribution >= 4 is 16.8 Å². The van der Waals surface area contributed by atoms with Crippen LogP contribution in [-0.4, -0.2) is 46.1 Å². The van der Waals surface area contributed by atoms with Gasteiger partial charge < -0.3 is 19.5 Å². The zero-order valence-corrected chi connectivity index (χ0v) is 17.8. The number of ether oxygens (including phenoxy) is 1. The molecule has 0 saturated heterocycles. The molecule has 0 aliphatic rings. The van der Waals surface area contributed by atoms with E-state index < -0.39 is 11.1 Å². The molecule has 1 amide bonds. The van der Waals surface area contributed by atoms with Crippen LogP contribution in [0.4, 0.5) is 0 Å². The van der Waals surface area contributed by atoms with Gasteiger partial charge in [-0.15, -0.1) is 10.1 Å². The van der Waals surface area contributed by atoms with Gasteiger partial charge in [-0.1, -0.05) is 23.4 Å². The van der Waals surface area contributed by atoms with Crippen molar-refractivity contribution in [2.24, 2.45) is 5.18 Å². The first-order valence-corrected chi connectivity index (χ1v) is 10.1. The van der Waals surface area contributed by atoms with Gasteiger partial charge in [0.1, 0.15) is 25.0 Å². The number of benzene rings is 2. The first-order chi connectivity index (χ1) is 15.4. The maximum Gasteiger partial charge on any atom is 0.294 e. The van der Waals surface area contributed by atoms with Crippen LogP contribution < -0.4 is 4.74 Å². The molecule has 168 valence electrons. The number of nitroso groups, excluding NO2 is 1. The minimum Gasteiger partial charge on any atom is -0.490 e. The highest BCUT2D eigenvalue weighted by Gasteiger charge is 2.24. The number of fused-ring (bicyclic) bond motifs is 1. The van der Waals surface area contributed by atoms with Crippen molar-refractivity contribution in [1.29, 1.82) is 0 Å². The summed E-state index contributed by atoms with van der Waals surface area (Å²) >= 11 is 0. The number of H-pyrrole nitrogens is 1. The number of hydrogen-bond donors (Lipinski definition) is 1. The Morgan fingerprint density at radius 1 is 1.19 bits per heavy atom. The van der Waals surface area contributed by atoms with Crippen molar-refractivity contribution in [1.82, 2.24) is 9.88 Å². The summed E-state index contributed by atoms with van der Waals surface area (Å²) in [6.45, 7) is 3.62. The summed E-state index contributed by atoms with van der Waals surface area (Å²) in [6, 6.07) is 12.8. The van der Waals surface area contributed by atoms with E-state index in [2.05, 4.69) is 15.0 Å². The number of nitrogens with zero attached hydrogens (tertiary/aromatic N) is 3. The Balaban J connectivity index is 1.66. The van der Waals surface area contributed by atoms with Gasteiger partial charge in [0.15, 0.2) is 0 Å². The smallest absolute Gasteiger partial charge is 0.294 e. The first kappa shape index (κ1) is 22.7.